The Bertz CT molecular complexity index is 435. The van der Waals surface area contributed by atoms with Crippen LogP contribution in [0.2, 0.25) is 0 Å². The molecule has 94 valence electrons. The summed E-state index contributed by atoms with van der Waals surface area (Å²) in [6.07, 6.45) is 8.61. The Morgan fingerprint density at radius 2 is 2.41 bits per heavy atom. The quantitative estimate of drug-likeness (QED) is 0.561. The summed E-state index contributed by atoms with van der Waals surface area (Å²) >= 11 is -1.18. The van der Waals surface area contributed by atoms with Crippen molar-refractivity contribution in [2.45, 2.75) is 43.4 Å². The number of rotatable bonds is 1. The first-order valence-corrected chi connectivity index (χ1v) is 11.2. The Balaban J connectivity index is 1.66. The molecule has 4 rings (SSSR count). The van der Waals surface area contributed by atoms with Gasteiger partial charge in [-0.2, -0.15) is 0 Å². The summed E-state index contributed by atoms with van der Waals surface area (Å²) in [6.45, 7) is 0. The van der Waals surface area contributed by atoms with Crippen LogP contribution in [-0.2, 0) is 0 Å². The molecule has 2 heterocycles. The second kappa shape index (κ2) is 3.33. The van der Waals surface area contributed by atoms with Crippen molar-refractivity contribution in [2.24, 2.45) is 10.4 Å². The molecule has 0 radical (unpaired) electrons. The van der Waals surface area contributed by atoms with Gasteiger partial charge in [-0.25, -0.2) is 0 Å². The standard InChI is InChI=1S/C13H19IN2O/c1-14-5-2-6-15-11(14)13(17)7-10-12(8-13)4-3-9(12)16-10/h2,6,9-10,16-17H,3-5,7-8H2,1H3. The van der Waals surface area contributed by atoms with Gasteiger partial charge in [-0.3, -0.25) is 0 Å². The van der Waals surface area contributed by atoms with Gasteiger partial charge in [0, 0.05) is 0 Å². The van der Waals surface area contributed by atoms with E-state index in [4.69, 9.17) is 0 Å². The Hall–Kier alpha value is 0.0600. The molecule has 17 heavy (non-hydrogen) atoms. The molecule has 4 aliphatic rings. The van der Waals surface area contributed by atoms with Gasteiger partial charge in [0.15, 0.2) is 0 Å². The molecular weight excluding hydrogens is 327 g/mol. The average Bonchev–Trinajstić information content (AvgIpc) is 2.60. The van der Waals surface area contributed by atoms with Gasteiger partial charge in [-0.1, -0.05) is 0 Å². The molecule has 0 aromatic heterocycles. The predicted octanol–water partition coefficient (Wildman–Crippen LogP) is 1.69. The van der Waals surface area contributed by atoms with Crippen LogP contribution in [0, 0.1) is 5.41 Å². The van der Waals surface area contributed by atoms with E-state index in [0.717, 1.165) is 12.8 Å². The monoisotopic (exact) mass is 346 g/mol. The first-order valence-electron chi connectivity index (χ1n) is 6.42. The number of nitrogens with one attached hydrogen (secondary N) is 1. The molecule has 2 N–H and O–H groups in total. The molecule has 2 aliphatic heterocycles. The molecule has 4 unspecified atom stereocenters. The summed E-state index contributed by atoms with van der Waals surface area (Å²) < 4.78 is 2.37. The fourth-order valence-electron chi connectivity index (χ4n) is 4.22. The molecule has 0 aromatic rings. The molecule has 0 bridgehead atoms. The van der Waals surface area contributed by atoms with E-state index in [1.807, 2.05) is 6.20 Å². The second-order valence-electron chi connectivity index (χ2n) is 6.01. The summed E-state index contributed by atoms with van der Waals surface area (Å²) in [5, 5.41) is 14.6. The molecule has 2 saturated carbocycles. The van der Waals surface area contributed by atoms with Crippen LogP contribution in [0.5, 0.6) is 0 Å². The Kier molecular flexibility index (Phi) is 2.14. The Labute approximate surface area is 109 Å². The summed E-state index contributed by atoms with van der Waals surface area (Å²) in [5.74, 6) is 0. The normalized spacial score (nSPS) is 53.3. The fraction of sp³-hybridized carbons (Fsp3) is 0.769. The van der Waals surface area contributed by atoms with Crippen LogP contribution < -0.4 is 5.32 Å². The van der Waals surface area contributed by atoms with Gasteiger partial charge in [0.2, 0.25) is 0 Å². The molecular formula is C13H19IN2O. The van der Waals surface area contributed by atoms with Gasteiger partial charge >= 0.3 is 109 Å². The second-order valence-corrected chi connectivity index (χ2v) is 11.3. The van der Waals surface area contributed by atoms with Crippen LogP contribution in [0.4, 0.5) is 0 Å². The Morgan fingerprint density at radius 3 is 3.00 bits per heavy atom. The van der Waals surface area contributed by atoms with Crippen molar-refractivity contribution < 1.29 is 5.11 Å². The summed E-state index contributed by atoms with van der Waals surface area (Å²) in [4.78, 5) is 6.91. The fourth-order valence-corrected chi connectivity index (χ4v) is 8.38. The van der Waals surface area contributed by atoms with E-state index in [1.54, 1.807) is 0 Å². The minimum atomic E-state index is -1.18. The van der Waals surface area contributed by atoms with Gasteiger partial charge in [0.05, 0.1) is 0 Å². The van der Waals surface area contributed by atoms with Crippen molar-refractivity contribution in [3.8, 4) is 0 Å². The summed E-state index contributed by atoms with van der Waals surface area (Å²) in [5.41, 5.74) is -0.105. The third-order valence-electron chi connectivity index (χ3n) is 5.16. The van der Waals surface area contributed by atoms with Crippen LogP contribution in [0.1, 0.15) is 25.7 Å². The zero-order chi connectivity index (χ0) is 11.7. The van der Waals surface area contributed by atoms with E-state index in [9.17, 15) is 5.11 Å². The van der Waals surface area contributed by atoms with Crippen molar-refractivity contribution in [1.82, 2.24) is 5.32 Å². The maximum atomic E-state index is 11.0. The van der Waals surface area contributed by atoms with Crippen molar-refractivity contribution in [3.63, 3.8) is 0 Å². The van der Waals surface area contributed by atoms with E-state index in [1.165, 1.54) is 21.0 Å². The molecule has 3 nitrogen and oxygen atoms in total. The molecule has 2 aliphatic carbocycles. The molecule has 4 atom stereocenters. The molecule has 1 saturated heterocycles. The molecule has 0 aromatic carbocycles. The number of alkyl halides is 2. The van der Waals surface area contributed by atoms with Crippen LogP contribution in [-0.4, -0.2) is 35.9 Å². The zero-order valence-corrected chi connectivity index (χ0v) is 12.3. The van der Waals surface area contributed by atoms with E-state index in [-0.39, 0.29) is 0 Å². The van der Waals surface area contributed by atoms with Crippen LogP contribution in [0.15, 0.2) is 17.3 Å². The number of nitrogens with zero attached hydrogens (tertiary/aromatic N) is 1. The van der Waals surface area contributed by atoms with E-state index in [0.29, 0.717) is 17.5 Å². The van der Waals surface area contributed by atoms with E-state index >= 15 is 0 Å². The van der Waals surface area contributed by atoms with Gasteiger partial charge in [-0.05, 0) is 0 Å². The van der Waals surface area contributed by atoms with Crippen molar-refractivity contribution in [2.75, 3.05) is 9.36 Å². The molecule has 4 heteroatoms. The number of piperidine rings is 1. The first kappa shape index (κ1) is 10.9. The van der Waals surface area contributed by atoms with Crippen molar-refractivity contribution in [1.29, 1.82) is 0 Å². The van der Waals surface area contributed by atoms with Crippen molar-refractivity contribution in [3.05, 3.63) is 12.3 Å². The number of hydrogen-bond donors (Lipinski definition) is 2. The average molecular weight is 346 g/mol. The number of allylic oxidation sites excluding steroid dienone is 1. The summed E-state index contributed by atoms with van der Waals surface area (Å²) in [7, 11) is 0. The minimum absolute atomic E-state index is 0.454. The van der Waals surface area contributed by atoms with E-state index in [2.05, 4.69) is 21.3 Å². The van der Waals surface area contributed by atoms with Crippen molar-refractivity contribution >= 4 is 23.5 Å². The first-order chi connectivity index (χ1) is 8.14. The summed E-state index contributed by atoms with van der Waals surface area (Å²) in [6, 6.07) is 1.28. The number of aliphatic imine (C=N–C) groups is 1. The van der Waals surface area contributed by atoms with Crippen LogP contribution in [0.25, 0.3) is 0 Å². The third kappa shape index (κ3) is 1.27. The van der Waals surface area contributed by atoms with Gasteiger partial charge in [0.25, 0.3) is 0 Å². The maximum absolute atomic E-state index is 11.0. The zero-order valence-electron chi connectivity index (χ0n) is 10.1. The van der Waals surface area contributed by atoms with Gasteiger partial charge in [0.1, 0.15) is 0 Å². The topological polar surface area (TPSA) is 44.6 Å². The number of hydrogen-bond acceptors (Lipinski definition) is 3. The Morgan fingerprint density at radius 1 is 1.53 bits per heavy atom. The SMILES string of the molecule is CI1CC=CN=C1C1(O)CC2NC3CCC32C1. The number of aliphatic hydroxyl groups is 1. The van der Waals surface area contributed by atoms with Gasteiger partial charge in [-0.15, -0.1) is 0 Å². The van der Waals surface area contributed by atoms with Gasteiger partial charge < -0.3 is 0 Å². The molecule has 1 spiro atoms. The number of halogens is 1. The van der Waals surface area contributed by atoms with E-state index < -0.39 is 25.4 Å². The van der Waals surface area contributed by atoms with Crippen LogP contribution in [0.3, 0.4) is 0 Å². The molecule has 3 fully saturated rings. The van der Waals surface area contributed by atoms with Crippen LogP contribution >= 0.6 is 19.8 Å². The molecule has 0 amide bonds. The third-order valence-corrected chi connectivity index (χ3v) is 10.0. The predicted molar refractivity (Wildman–Crippen MR) is 77.9 cm³/mol.